The number of benzene rings is 2. The van der Waals surface area contributed by atoms with Crippen LogP contribution in [0.2, 0.25) is 0 Å². The zero-order chi connectivity index (χ0) is 20.3. The Morgan fingerprint density at radius 1 is 1.07 bits per heavy atom. The van der Waals surface area contributed by atoms with Crippen molar-refractivity contribution < 1.29 is 17.9 Å². The molecule has 0 radical (unpaired) electrons. The highest BCUT2D eigenvalue weighted by molar-refractivity contribution is 5.66. The Morgan fingerprint density at radius 3 is 2.32 bits per heavy atom. The molecule has 0 aliphatic heterocycles. The fourth-order valence-electron chi connectivity index (χ4n) is 2.97. The minimum atomic E-state index is -4.81. The maximum absolute atomic E-state index is 13.5. The van der Waals surface area contributed by atoms with Gasteiger partial charge in [-0.25, -0.2) is 4.85 Å². The first-order valence-electron chi connectivity index (χ1n) is 8.26. The van der Waals surface area contributed by atoms with Gasteiger partial charge in [0.05, 0.1) is 25.8 Å². The van der Waals surface area contributed by atoms with Gasteiger partial charge in [-0.05, 0) is 17.7 Å². The molecule has 7 heteroatoms. The summed E-state index contributed by atoms with van der Waals surface area (Å²) in [6.07, 6.45) is -4.81. The molecule has 4 nitrogen and oxygen atoms in total. The number of ether oxygens (including phenoxy) is 1. The van der Waals surface area contributed by atoms with Gasteiger partial charge in [0, 0.05) is 11.3 Å². The quantitative estimate of drug-likeness (QED) is 0.584. The van der Waals surface area contributed by atoms with Crippen LogP contribution < -0.4 is 10.3 Å². The molecule has 0 amide bonds. The predicted octanol–water partition coefficient (Wildman–Crippen LogP) is 5.14. The van der Waals surface area contributed by atoms with Crippen molar-refractivity contribution in [3.05, 3.63) is 93.6 Å². The number of hydrogen-bond acceptors (Lipinski definition) is 2. The fourth-order valence-corrected chi connectivity index (χ4v) is 2.97. The number of aromatic nitrogens is 1. The number of methoxy groups -OCH3 is 1. The third-order valence-corrected chi connectivity index (χ3v) is 4.28. The van der Waals surface area contributed by atoms with E-state index >= 15 is 0 Å². The van der Waals surface area contributed by atoms with Crippen LogP contribution in [-0.2, 0) is 12.7 Å². The van der Waals surface area contributed by atoms with Crippen molar-refractivity contribution in [2.24, 2.45) is 0 Å². The van der Waals surface area contributed by atoms with Gasteiger partial charge in [0.1, 0.15) is 5.75 Å². The van der Waals surface area contributed by atoms with Gasteiger partial charge < -0.3 is 9.30 Å². The second-order valence-corrected chi connectivity index (χ2v) is 5.97. The normalized spacial score (nSPS) is 11.1. The second-order valence-electron chi connectivity index (χ2n) is 5.97. The van der Waals surface area contributed by atoms with Crippen molar-refractivity contribution in [1.29, 1.82) is 0 Å². The highest BCUT2D eigenvalue weighted by atomic mass is 19.4. The Labute approximate surface area is 159 Å². The summed E-state index contributed by atoms with van der Waals surface area (Å²) < 4.78 is 46.9. The smallest absolute Gasteiger partial charge is 0.407 e. The van der Waals surface area contributed by atoms with E-state index in [1.807, 2.05) is 0 Å². The van der Waals surface area contributed by atoms with Gasteiger partial charge in [-0.15, -0.1) is 0 Å². The molecule has 0 aliphatic carbocycles. The zero-order valence-corrected chi connectivity index (χ0v) is 14.8. The van der Waals surface area contributed by atoms with Crippen molar-refractivity contribution in [2.45, 2.75) is 12.7 Å². The van der Waals surface area contributed by atoms with Crippen LogP contribution in [0, 0.1) is 6.57 Å². The van der Waals surface area contributed by atoms with Crippen molar-refractivity contribution >= 4 is 5.69 Å². The van der Waals surface area contributed by atoms with E-state index in [1.165, 1.54) is 11.7 Å². The number of alkyl halides is 3. The molecular weight excluding hydrogens is 369 g/mol. The van der Waals surface area contributed by atoms with Gasteiger partial charge in [0.2, 0.25) is 0 Å². The standard InChI is InChI=1S/C21H15F3N2O2/c1-25-19-16(21(22,23)24)12-17(14-8-4-3-5-9-14)26(20(19)27)13-15-10-6-7-11-18(15)28-2/h3-12H,13H2,2H3. The summed E-state index contributed by atoms with van der Waals surface area (Å²) in [6, 6.07) is 16.1. The maximum Gasteiger partial charge on any atom is 0.407 e. The lowest BCUT2D eigenvalue weighted by Crippen LogP contribution is -2.25. The molecule has 1 heterocycles. The first kappa shape index (κ1) is 19.2. The Morgan fingerprint density at radius 2 is 1.71 bits per heavy atom. The van der Waals surface area contributed by atoms with Crippen LogP contribution in [0.1, 0.15) is 11.1 Å². The monoisotopic (exact) mass is 384 g/mol. The van der Waals surface area contributed by atoms with Gasteiger partial charge in [-0.3, -0.25) is 4.79 Å². The Bertz CT molecular complexity index is 1100. The molecule has 0 unspecified atom stereocenters. The number of para-hydroxylation sites is 1. The second kappa shape index (κ2) is 7.61. The summed E-state index contributed by atoms with van der Waals surface area (Å²) >= 11 is 0. The van der Waals surface area contributed by atoms with E-state index < -0.39 is 23.0 Å². The first-order valence-corrected chi connectivity index (χ1v) is 8.26. The lowest BCUT2D eigenvalue weighted by atomic mass is 10.1. The van der Waals surface area contributed by atoms with Crippen molar-refractivity contribution in [3.63, 3.8) is 0 Å². The van der Waals surface area contributed by atoms with Gasteiger partial charge in [0.15, 0.2) is 0 Å². The van der Waals surface area contributed by atoms with Gasteiger partial charge in [0.25, 0.3) is 11.2 Å². The highest BCUT2D eigenvalue weighted by Crippen LogP contribution is 2.37. The van der Waals surface area contributed by atoms with Gasteiger partial charge >= 0.3 is 6.18 Å². The first-order chi connectivity index (χ1) is 13.4. The third kappa shape index (κ3) is 3.62. The van der Waals surface area contributed by atoms with Crippen LogP contribution >= 0.6 is 0 Å². The molecule has 0 atom stereocenters. The molecule has 0 saturated carbocycles. The zero-order valence-electron chi connectivity index (χ0n) is 14.8. The largest absolute Gasteiger partial charge is 0.496 e. The Hall–Kier alpha value is -3.53. The Kier molecular flexibility index (Phi) is 5.23. The molecule has 0 N–H and O–H groups in total. The van der Waals surface area contributed by atoms with Crippen LogP contribution in [0.4, 0.5) is 18.9 Å². The average molecular weight is 384 g/mol. The van der Waals surface area contributed by atoms with Gasteiger partial charge in [-0.1, -0.05) is 48.5 Å². The van der Waals surface area contributed by atoms with Crippen LogP contribution in [-0.4, -0.2) is 11.7 Å². The minimum Gasteiger partial charge on any atom is -0.496 e. The number of nitrogens with zero attached hydrogens (tertiary/aromatic N) is 2. The molecule has 2 aromatic carbocycles. The van der Waals surface area contributed by atoms with E-state index in [0.29, 0.717) is 16.9 Å². The van der Waals surface area contributed by atoms with Crippen LogP contribution in [0.25, 0.3) is 16.1 Å². The molecule has 0 bridgehead atoms. The van der Waals surface area contributed by atoms with Crippen LogP contribution in [0.5, 0.6) is 5.75 Å². The average Bonchev–Trinajstić information content (AvgIpc) is 2.69. The SMILES string of the molecule is [C-]#[N+]c1c(C(F)(F)F)cc(-c2ccccc2)n(Cc2ccccc2OC)c1=O. The molecule has 28 heavy (non-hydrogen) atoms. The third-order valence-electron chi connectivity index (χ3n) is 4.28. The summed E-state index contributed by atoms with van der Waals surface area (Å²) in [6.45, 7) is 7.09. The summed E-state index contributed by atoms with van der Waals surface area (Å²) in [4.78, 5) is 15.8. The molecule has 3 rings (SSSR count). The predicted molar refractivity (Wildman–Crippen MR) is 99.5 cm³/mol. The molecular formula is C21H15F3N2O2. The molecule has 142 valence electrons. The maximum atomic E-state index is 13.5. The number of pyridine rings is 1. The molecule has 3 aromatic rings. The molecule has 1 aromatic heterocycles. The van der Waals surface area contributed by atoms with E-state index in [2.05, 4.69) is 4.85 Å². The number of hydrogen-bond donors (Lipinski definition) is 0. The Balaban J connectivity index is 2.32. The summed E-state index contributed by atoms with van der Waals surface area (Å²) in [5.74, 6) is 0.498. The van der Waals surface area contributed by atoms with Gasteiger partial charge in [-0.2, -0.15) is 13.2 Å². The van der Waals surface area contributed by atoms with E-state index in [4.69, 9.17) is 11.3 Å². The topological polar surface area (TPSA) is 35.6 Å². The fraction of sp³-hybridized carbons (Fsp3) is 0.143. The molecule has 0 spiro atoms. The van der Waals surface area contributed by atoms with Crippen molar-refractivity contribution in [1.82, 2.24) is 4.57 Å². The summed E-state index contributed by atoms with van der Waals surface area (Å²) in [5, 5.41) is 0. The molecule has 0 fully saturated rings. The van der Waals surface area contributed by atoms with Crippen LogP contribution in [0.3, 0.4) is 0 Å². The van der Waals surface area contributed by atoms with Crippen molar-refractivity contribution in [3.8, 4) is 17.0 Å². The molecule has 0 aliphatic rings. The lowest BCUT2D eigenvalue weighted by Gasteiger charge is -2.19. The van der Waals surface area contributed by atoms with E-state index in [0.717, 1.165) is 6.07 Å². The molecule has 0 saturated heterocycles. The van der Waals surface area contributed by atoms with E-state index in [1.54, 1.807) is 54.6 Å². The number of rotatable bonds is 4. The van der Waals surface area contributed by atoms with Crippen molar-refractivity contribution in [2.75, 3.05) is 7.11 Å². The van der Waals surface area contributed by atoms with E-state index in [-0.39, 0.29) is 12.2 Å². The van der Waals surface area contributed by atoms with Crippen LogP contribution in [0.15, 0.2) is 65.5 Å². The summed E-state index contributed by atoms with van der Waals surface area (Å²) in [5.41, 5.74) is -2.04. The van der Waals surface area contributed by atoms with E-state index in [9.17, 15) is 18.0 Å². The summed E-state index contributed by atoms with van der Waals surface area (Å²) in [7, 11) is 1.47. The number of halogens is 3. The minimum absolute atomic E-state index is 0.0340. The highest BCUT2D eigenvalue weighted by Gasteiger charge is 2.36. The lowest BCUT2D eigenvalue weighted by molar-refractivity contribution is -0.136.